The molecule has 3 fully saturated rings. The average Bonchev–Trinajstić information content (AvgIpc) is 3.31. The van der Waals surface area contributed by atoms with Crippen molar-refractivity contribution in [3.8, 4) is 0 Å². The maximum atomic E-state index is 12.4. The lowest BCUT2D eigenvalue weighted by molar-refractivity contribution is -0.135. The van der Waals surface area contributed by atoms with Crippen LogP contribution in [0.5, 0.6) is 0 Å². The van der Waals surface area contributed by atoms with Crippen LogP contribution in [0.1, 0.15) is 33.1 Å². The van der Waals surface area contributed by atoms with Gasteiger partial charge in [0.2, 0.25) is 5.91 Å². The van der Waals surface area contributed by atoms with E-state index in [1.165, 1.54) is 0 Å². The second kappa shape index (κ2) is 7.51. The highest BCUT2D eigenvalue weighted by atomic mass is 32.2. The van der Waals surface area contributed by atoms with Crippen molar-refractivity contribution >= 4 is 21.7 Å². The van der Waals surface area contributed by atoms with Crippen molar-refractivity contribution in [3.05, 3.63) is 0 Å². The van der Waals surface area contributed by atoms with Crippen LogP contribution in [-0.2, 0) is 14.6 Å². The number of nitrogens with zero attached hydrogens (tertiary/aromatic N) is 3. The molecule has 1 N–H and O–H groups in total. The van der Waals surface area contributed by atoms with Crippen molar-refractivity contribution < 1.29 is 13.2 Å². The zero-order chi connectivity index (χ0) is 18.0. The van der Waals surface area contributed by atoms with Gasteiger partial charge in [0.1, 0.15) is 0 Å². The number of aliphatic imine (C=N–C) groups is 1. The first kappa shape index (κ1) is 18.5. The van der Waals surface area contributed by atoms with E-state index in [4.69, 9.17) is 0 Å². The molecule has 1 atom stereocenters. The fourth-order valence-electron chi connectivity index (χ4n) is 3.44. The number of hydrogen-bond acceptors (Lipinski definition) is 4. The highest BCUT2D eigenvalue weighted by Gasteiger charge is 2.36. The minimum atomic E-state index is -2.87. The number of amides is 1. The normalized spacial score (nSPS) is 27.2. The fraction of sp³-hybridized carbons (Fsp3) is 0.882. The standard InChI is InChI=1S/C17H30N4O3S/c1-13(2)9-18-17(19-10-14-5-8-25(23,24)12-14)20-6-7-21(15-3-4-15)16(22)11-20/h13-15H,3-12H2,1-2H3,(H,18,19). The van der Waals surface area contributed by atoms with Gasteiger partial charge in [-0.05, 0) is 31.1 Å². The van der Waals surface area contributed by atoms with E-state index in [2.05, 4.69) is 24.2 Å². The molecule has 1 aliphatic carbocycles. The van der Waals surface area contributed by atoms with Gasteiger partial charge in [0.25, 0.3) is 0 Å². The Kier molecular flexibility index (Phi) is 5.55. The van der Waals surface area contributed by atoms with Gasteiger partial charge in [-0.1, -0.05) is 13.8 Å². The van der Waals surface area contributed by atoms with E-state index in [-0.39, 0.29) is 23.3 Å². The predicted octanol–water partition coefficient (Wildman–Crippen LogP) is 0.329. The number of sulfone groups is 1. The lowest BCUT2D eigenvalue weighted by Crippen LogP contribution is -2.56. The molecule has 0 aromatic rings. The molecule has 1 unspecified atom stereocenters. The average molecular weight is 371 g/mol. The van der Waals surface area contributed by atoms with Crippen LogP contribution in [0.2, 0.25) is 0 Å². The number of carbonyl (C=O) groups is 1. The maximum absolute atomic E-state index is 12.4. The monoisotopic (exact) mass is 370 g/mol. The van der Waals surface area contributed by atoms with Crippen molar-refractivity contribution in [2.24, 2.45) is 16.8 Å². The molecule has 0 aromatic carbocycles. The lowest BCUT2D eigenvalue weighted by Gasteiger charge is -2.36. The van der Waals surface area contributed by atoms with Gasteiger partial charge in [0.15, 0.2) is 15.8 Å². The Labute approximate surface area is 150 Å². The van der Waals surface area contributed by atoms with Crippen LogP contribution in [0.25, 0.3) is 0 Å². The quantitative estimate of drug-likeness (QED) is 0.557. The Morgan fingerprint density at radius 3 is 2.60 bits per heavy atom. The van der Waals surface area contributed by atoms with Crippen molar-refractivity contribution in [1.82, 2.24) is 15.1 Å². The third-order valence-electron chi connectivity index (χ3n) is 5.03. The van der Waals surface area contributed by atoms with E-state index in [1.54, 1.807) is 0 Å². The maximum Gasteiger partial charge on any atom is 0.242 e. The van der Waals surface area contributed by atoms with Gasteiger partial charge in [0, 0.05) is 32.2 Å². The molecule has 2 saturated heterocycles. The first-order valence-corrected chi connectivity index (χ1v) is 11.2. The molecule has 2 aliphatic heterocycles. The van der Waals surface area contributed by atoms with Crippen LogP contribution in [-0.4, -0.2) is 80.4 Å². The van der Waals surface area contributed by atoms with Crippen LogP contribution in [0.4, 0.5) is 0 Å². The molecule has 142 valence electrons. The number of guanidine groups is 1. The van der Waals surface area contributed by atoms with Gasteiger partial charge in [-0.3, -0.25) is 9.79 Å². The summed E-state index contributed by atoms with van der Waals surface area (Å²) in [5, 5.41) is 3.35. The highest BCUT2D eigenvalue weighted by molar-refractivity contribution is 7.91. The minimum absolute atomic E-state index is 0.137. The third kappa shape index (κ3) is 5.09. The molecule has 0 spiro atoms. The molecule has 2 heterocycles. The highest BCUT2D eigenvalue weighted by Crippen LogP contribution is 2.28. The summed E-state index contributed by atoms with van der Waals surface area (Å²) in [6.45, 7) is 7.43. The molecule has 1 saturated carbocycles. The Morgan fingerprint density at radius 1 is 1.28 bits per heavy atom. The van der Waals surface area contributed by atoms with Crippen molar-refractivity contribution in [1.29, 1.82) is 0 Å². The van der Waals surface area contributed by atoms with E-state index in [0.717, 1.165) is 31.9 Å². The first-order valence-electron chi connectivity index (χ1n) is 9.37. The van der Waals surface area contributed by atoms with Gasteiger partial charge in [-0.2, -0.15) is 0 Å². The summed E-state index contributed by atoms with van der Waals surface area (Å²) in [5.74, 6) is 2.05. The molecule has 0 radical (unpaired) electrons. The predicted molar refractivity (Wildman–Crippen MR) is 98.2 cm³/mol. The molecule has 0 bridgehead atoms. The van der Waals surface area contributed by atoms with Crippen molar-refractivity contribution in [2.75, 3.05) is 44.2 Å². The number of rotatable bonds is 5. The van der Waals surface area contributed by atoms with Gasteiger partial charge in [-0.15, -0.1) is 0 Å². The molecule has 3 rings (SSSR count). The summed E-state index contributed by atoms with van der Waals surface area (Å²) < 4.78 is 23.3. The Morgan fingerprint density at radius 2 is 2.04 bits per heavy atom. The lowest BCUT2D eigenvalue weighted by atomic mass is 10.1. The van der Waals surface area contributed by atoms with Gasteiger partial charge in [0.05, 0.1) is 18.1 Å². The summed E-state index contributed by atoms with van der Waals surface area (Å²) >= 11 is 0. The number of nitrogens with one attached hydrogen (secondary N) is 1. The zero-order valence-corrected chi connectivity index (χ0v) is 16.1. The number of carbonyl (C=O) groups excluding carboxylic acids is 1. The summed E-state index contributed by atoms with van der Waals surface area (Å²) in [6.07, 6.45) is 2.98. The summed E-state index contributed by atoms with van der Waals surface area (Å²) in [6, 6.07) is 0.461. The second-order valence-corrected chi connectivity index (χ2v) is 10.2. The van der Waals surface area contributed by atoms with Crippen LogP contribution in [0.15, 0.2) is 4.99 Å². The second-order valence-electron chi connectivity index (χ2n) is 7.95. The van der Waals surface area contributed by atoms with E-state index >= 15 is 0 Å². The molecule has 1 amide bonds. The summed E-state index contributed by atoms with van der Waals surface area (Å²) in [7, 11) is -2.87. The zero-order valence-electron chi connectivity index (χ0n) is 15.3. The topological polar surface area (TPSA) is 82.1 Å². The fourth-order valence-corrected chi connectivity index (χ4v) is 5.31. The Balaban J connectivity index is 1.59. The van der Waals surface area contributed by atoms with E-state index < -0.39 is 9.84 Å². The first-order chi connectivity index (χ1) is 11.8. The van der Waals surface area contributed by atoms with Crippen LogP contribution < -0.4 is 5.32 Å². The Hall–Kier alpha value is -1.31. The van der Waals surface area contributed by atoms with Gasteiger partial charge < -0.3 is 15.1 Å². The molecule has 0 aromatic heterocycles. The minimum Gasteiger partial charge on any atom is -0.356 e. The molecular formula is C17H30N4O3S. The molecule has 8 heteroatoms. The van der Waals surface area contributed by atoms with E-state index in [0.29, 0.717) is 38.0 Å². The molecule has 3 aliphatic rings. The largest absolute Gasteiger partial charge is 0.356 e. The molecule has 25 heavy (non-hydrogen) atoms. The van der Waals surface area contributed by atoms with Crippen LogP contribution in [0.3, 0.4) is 0 Å². The van der Waals surface area contributed by atoms with Crippen LogP contribution >= 0.6 is 0 Å². The molecular weight excluding hydrogens is 340 g/mol. The summed E-state index contributed by atoms with van der Waals surface area (Å²) in [4.78, 5) is 21.1. The van der Waals surface area contributed by atoms with Gasteiger partial charge in [-0.25, -0.2) is 8.42 Å². The number of piperazine rings is 1. The SMILES string of the molecule is CC(C)CN=C(NCC1CCS(=O)(=O)C1)N1CCN(C2CC2)C(=O)C1. The third-order valence-corrected chi connectivity index (χ3v) is 6.86. The molecule has 7 nitrogen and oxygen atoms in total. The van der Waals surface area contributed by atoms with E-state index in [9.17, 15) is 13.2 Å². The van der Waals surface area contributed by atoms with Crippen LogP contribution in [0, 0.1) is 11.8 Å². The smallest absolute Gasteiger partial charge is 0.242 e. The van der Waals surface area contributed by atoms with Crippen molar-refractivity contribution in [2.45, 2.75) is 39.2 Å². The Bertz CT molecular complexity index is 628. The summed E-state index contributed by atoms with van der Waals surface area (Å²) in [5.41, 5.74) is 0. The van der Waals surface area contributed by atoms with Gasteiger partial charge >= 0.3 is 0 Å². The van der Waals surface area contributed by atoms with E-state index in [1.807, 2.05) is 9.80 Å². The number of hydrogen-bond donors (Lipinski definition) is 1. The van der Waals surface area contributed by atoms with Crippen molar-refractivity contribution in [3.63, 3.8) is 0 Å².